The summed E-state index contributed by atoms with van der Waals surface area (Å²) < 4.78 is 28.5. The summed E-state index contributed by atoms with van der Waals surface area (Å²) in [6, 6.07) is 6.08. The molecule has 1 aliphatic rings. The van der Waals surface area contributed by atoms with Gasteiger partial charge >= 0.3 is 6.61 Å². The lowest BCUT2D eigenvalue weighted by Crippen LogP contribution is -2.32. The second-order valence-electron chi connectivity index (χ2n) is 5.14. The maximum Gasteiger partial charge on any atom is 0.387 e. The molecule has 1 amide bonds. The van der Waals surface area contributed by atoms with Gasteiger partial charge < -0.3 is 15.2 Å². The summed E-state index contributed by atoms with van der Waals surface area (Å²) in [6.45, 7) is -2.35. The Bertz CT molecular complexity index is 475. The average molecular weight is 285 g/mol. The van der Waals surface area contributed by atoms with Crippen molar-refractivity contribution in [1.29, 1.82) is 0 Å². The fourth-order valence-electron chi connectivity index (χ4n) is 1.93. The Morgan fingerprint density at radius 2 is 2.20 bits per heavy atom. The molecule has 0 unspecified atom stereocenters. The van der Waals surface area contributed by atoms with E-state index in [2.05, 4.69) is 10.1 Å². The molecule has 0 radical (unpaired) electrons. The van der Waals surface area contributed by atoms with Gasteiger partial charge in [-0.05, 0) is 30.5 Å². The van der Waals surface area contributed by atoms with E-state index in [4.69, 9.17) is 5.11 Å². The summed E-state index contributed by atoms with van der Waals surface area (Å²) in [5.74, 6) is -0.154. The van der Waals surface area contributed by atoms with Crippen LogP contribution in [0, 0.1) is 5.41 Å². The third-order valence-electron chi connectivity index (χ3n) is 3.44. The molecule has 2 N–H and O–H groups in total. The predicted octanol–water partition coefficient (Wildman–Crippen LogP) is 1.72. The largest absolute Gasteiger partial charge is 0.435 e. The molecule has 0 aliphatic heterocycles. The molecule has 1 aromatic carbocycles. The van der Waals surface area contributed by atoms with E-state index in [0.717, 1.165) is 12.8 Å². The van der Waals surface area contributed by atoms with E-state index in [9.17, 15) is 13.6 Å². The normalized spacial score (nSPS) is 16.0. The van der Waals surface area contributed by atoms with Crippen molar-refractivity contribution in [3.63, 3.8) is 0 Å². The number of nitrogens with one attached hydrogen (secondary N) is 1. The minimum atomic E-state index is -2.88. The van der Waals surface area contributed by atoms with Crippen LogP contribution in [0.2, 0.25) is 0 Å². The molecular formula is C14H17F2NO3. The summed E-state index contributed by atoms with van der Waals surface area (Å²) in [6.07, 6.45) is 1.94. The minimum Gasteiger partial charge on any atom is -0.435 e. The van der Waals surface area contributed by atoms with Gasteiger partial charge in [-0.1, -0.05) is 12.1 Å². The molecule has 0 spiro atoms. The smallest absolute Gasteiger partial charge is 0.387 e. The first-order valence-corrected chi connectivity index (χ1v) is 6.44. The molecule has 1 fully saturated rings. The van der Waals surface area contributed by atoms with Gasteiger partial charge in [0.2, 0.25) is 5.91 Å². The molecule has 4 nitrogen and oxygen atoms in total. The van der Waals surface area contributed by atoms with Gasteiger partial charge in [-0.3, -0.25) is 4.79 Å². The average Bonchev–Trinajstić information content (AvgIpc) is 3.17. The van der Waals surface area contributed by atoms with Crippen molar-refractivity contribution in [2.24, 2.45) is 5.41 Å². The molecule has 0 aromatic heterocycles. The van der Waals surface area contributed by atoms with Gasteiger partial charge in [-0.15, -0.1) is 0 Å². The zero-order chi connectivity index (χ0) is 14.6. The van der Waals surface area contributed by atoms with Crippen LogP contribution in [0.3, 0.4) is 0 Å². The third-order valence-corrected chi connectivity index (χ3v) is 3.44. The first-order valence-electron chi connectivity index (χ1n) is 6.44. The van der Waals surface area contributed by atoms with Crippen LogP contribution < -0.4 is 10.1 Å². The monoisotopic (exact) mass is 285 g/mol. The second kappa shape index (κ2) is 6.17. The molecule has 2 rings (SSSR count). The van der Waals surface area contributed by atoms with Crippen LogP contribution in [-0.4, -0.2) is 30.8 Å². The van der Waals surface area contributed by atoms with E-state index in [1.54, 1.807) is 12.1 Å². The lowest BCUT2D eigenvalue weighted by atomic mass is 10.1. The fourth-order valence-corrected chi connectivity index (χ4v) is 1.93. The number of alkyl halides is 2. The number of benzene rings is 1. The van der Waals surface area contributed by atoms with Crippen molar-refractivity contribution in [2.75, 3.05) is 13.2 Å². The van der Waals surface area contributed by atoms with Crippen molar-refractivity contribution >= 4 is 5.91 Å². The topological polar surface area (TPSA) is 58.6 Å². The molecule has 0 saturated heterocycles. The molecular weight excluding hydrogens is 268 g/mol. The van der Waals surface area contributed by atoms with Crippen LogP contribution in [0.4, 0.5) is 8.78 Å². The fraction of sp³-hybridized carbons (Fsp3) is 0.500. The zero-order valence-electron chi connectivity index (χ0n) is 10.9. The van der Waals surface area contributed by atoms with E-state index in [1.165, 1.54) is 12.1 Å². The number of aliphatic hydroxyl groups is 1. The molecule has 0 bridgehead atoms. The number of halogens is 2. The number of ether oxygens (including phenoxy) is 1. The van der Waals surface area contributed by atoms with Crippen LogP contribution in [0.15, 0.2) is 24.3 Å². The molecule has 0 heterocycles. The van der Waals surface area contributed by atoms with Gasteiger partial charge in [0.05, 0.1) is 13.0 Å². The number of hydrogen-bond donors (Lipinski definition) is 2. The molecule has 1 aliphatic carbocycles. The standard InChI is InChI=1S/C14H17F2NO3/c15-13(16)20-11-3-1-2-10(6-11)7-12(19)17-8-14(9-18)4-5-14/h1-3,6,13,18H,4-5,7-9H2,(H,17,19). The first kappa shape index (κ1) is 14.7. The van der Waals surface area contributed by atoms with Crippen molar-refractivity contribution in [2.45, 2.75) is 25.9 Å². The highest BCUT2D eigenvalue weighted by atomic mass is 19.3. The van der Waals surface area contributed by atoms with E-state index in [1.807, 2.05) is 0 Å². The number of rotatable bonds is 7. The highest BCUT2D eigenvalue weighted by Gasteiger charge is 2.41. The Kier molecular flexibility index (Phi) is 4.54. The number of carbonyl (C=O) groups excluding carboxylic acids is 1. The highest BCUT2D eigenvalue weighted by molar-refractivity contribution is 5.78. The Morgan fingerprint density at radius 1 is 1.45 bits per heavy atom. The van der Waals surface area contributed by atoms with Crippen molar-refractivity contribution < 1.29 is 23.4 Å². The molecule has 1 saturated carbocycles. The summed E-state index contributed by atoms with van der Waals surface area (Å²) in [5, 5.41) is 11.9. The summed E-state index contributed by atoms with van der Waals surface area (Å²) in [4.78, 5) is 11.8. The molecule has 20 heavy (non-hydrogen) atoms. The van der Waals surface area contributed by atoms with Crippen LogP contribution in [-0.2, 0) is 11.2 Å². The highest BCUT2D eigenvalue weighted by Crippen LogP contribution is 2.44. The predicted molar refractivity (Wildman–Crippen MR) is 68.5 cm³/mol. The summed E-state index contributed by atoms with van der Waals surface area (Å²) in [7, 11) is 0. The lowest BCUT2D eigenvalue weighted by molar-refractivity contribution is -0.120. The Morgan fingerprint density at radius 3 is 2.80 bits per heavy atom. The molecule has 0 atom stereocenters. The van der Waals surface area contributed by atoms with Crippen molar-refractivity contribution in [3.05, 3.63) is 29.8 Å². The van der Waals surface area contributed by atoms with Gasteiger partial charge in [-0.25, -0.2) is 0 Å². The maximum atomic E-state index is 12.1. The van der Waals surface area contributed by atoms with Crippen LogP contribution in [0.1, 0.15) is 18.4 Å². The quantitative estimate of drug-likeness (QED) is 0.802. The maximum absolute atomic E-state index is 12.1. The molecule has 1 aromatic rings. The third kappa shape index (κ3) is 4.16. The van der Waals surface area contributed by atoms with Gasteiger partial charge in [-0.2, -0.15) is 8.78 Å². The minimum absolute atomic E-state index is 0.0410. The van der Waals surface area contributed by atoms with Gasteiger partial charge in [0.1, 0.15) is 5.75 Å². The number of aliphatic hydroxyl groups excluding tert-OH is 1. The summed E-state index contributed by atoms with van der Waals surface area (Å²) in [5.41, 5.74) is 0.463. The van der Waals surface area contributed by atoms with E-state index >= 15 is 0 Å². The Labute approximate surface area is 115 Å². The number of amides is 1. The number of carbonyl (C=O) groups is 1. The van der Waals surface area contributed by atoms with Crippen LogP contribution in [0.25, 0.3) is 0 Å². The van der Waals surface area contributed by atoms with Crippen molar-refractivity contribution in [1.82, 2.24) is 5.32 Å². The lowest BCUT2D eigenvalue weighted by Gasteiger charge is -2.13. The van der Waals surface area contributed by atoms with Gasteiger partial charge in [0.25, 0.3) is 0 Å². The second-order valence-corrected chi connectivity index (χ2v) is 5.14. The first-order chi connectivity index (χ1) is 9.53. The van der Waals surface area contributed by atoms with Gasteiger partial charge in [0.15, 0.2) is 0 Å². The Hall–Kier alpha value is -1.69. The SMILES string of the molecule is O=C(Cc1cccc(OC(F)F)c1)NCC1(CO)CC1. The molecule has 6 heteroatoms. The van der Waals surface area contributed by atoms with Crippen LogP contribution >= 0.6 is 0 Å². The molecule has 110 valence electrons. The zero-order valence-corrected chi connectivity index (χ0v) is 10.9. The van der Waals surface area contributed by atoms with E-state index < -0.39 is 6.61 Å². The number of hydrogen-bond acceptors (Lipinski definition) is 3. The Balaban J connectivity index is 1.84. The van der Waals surface area contributed by atoms with Crippen molar-refractivity contribution in [3.8, 4) is 5.75 Å². The van der Waals surface area contributed by atoms with Crippen LogP contribution in [0.5, 0.6) is 5.75 Å². The van der Waals surface area contributed by atoms with E-state index in [0.29, 0.717) is 12.1 Å². The van der Waals surface area contributed by atoms with Gasteiger partial charge in [0, 0.05) is 12.0 Å². The summed E-state index contributed by atoms with van der Waals surface area (Å²) >= 11 is 0. The van der Waals surface area contributed by atoms with E-state index in [-0.39, 0.29) is 30.1 Å².